The van der Waals surface area contributed by atoms with Gasteiger partial charge in [-0.3, -0.25) is 4.79 Å². The first-order valence-electron chi connectivity index (χ1n) is 7.33. The lowest BCUT2D eigenvalue weighted by atomic mass is 9.99. The Bertz CT molecular complexity index is 639. The van der Waals surface area contributed by atoms with E-state index in [1.165, 1.54) is 7.11 Å². The van der Waals surface area contributed by atoms with E-state index in [2.05, 4.69) is 14.9 Å². The van der Waals surface area contributed by atoms with Gasteiger partial charge in [0.1, 0.15) is 12.1 Å². The summed E-state index contributed by atoms with van der Waals surface area (Å²) in [4.78, 5) is 22.7. The molecule has 1 aliphatic rings. The second-order valence-electron chi connectivity index (χ2n) is 5.34. The van der Waals surface area contributed by atoms with Gasteiger partial charge >= 0.3 is 5.97 Å². The van der Waals surface area contributed by atoms with Gasteiger partial charge < -0.3 is 9.64 Å². The van der Waals surface area contributed by atoms with Crippen LogP contribution in [0, 0.1) is 0 Å². The van der Waals surface area contributed by atoms with E-state index in [-0.39, 0.29) is 12.0 Å². The van der Waals surface area contributed by atoms with E-state index in [9.17, 15) is 4.79 Å². The van der Waals surface area contributed by atoms with Crippen molar-refractivity contribution in [2.24, 2.45) is 0 Å². The van der Waals surface area contributed by atoms with Crippen LogP contribution in [0.4, 0.5) is 5.82 Å². The average Bonchev–Trinajstić information content (AvgIpc) is 2.55. The molecule has 5 heteroatoms. The van der Waals surface area contributed by atoms with Gasteiger partial charge in [0.05, 0.1) is 19.0 Å². The summed E-state index contributed by atoms with van der Waals surface area (Å²) in [6.07, 6.45) is 5.26. The van der Waals surface area contributed by atoms with Crippen molar-refractivity contribution in [1.82, 2.24) is 9.97 Å². The highest BCUT2D eigenvalue weighted by molar-refractivity contribution is 5.89. The van der Waals surface area contributed by atoms with E-state index in [1.807, 2.05) is 24.3 Å². The molecule has 2 aromatic rings. The molecule has 0 N–H and O–H groups in total. The second-order valence-corrected chi connectivity index (χ2v) is 5.34. The Kier molecular flexibility index (Phi) is 3.99. The van der Waals surface area contributed by atoms with Crippen molar-refractivity contribution in [1.29, 1.82) is 0 Å². The molecule has 0 saturated carbocycles. The molecule has 0 amide bonds. The summed E-state index contributed by atoms with van der Waals surface area (Å²) in [7, 11) is 1.44. The minimum Gasteiger partial charge on any atom is -0.469 e. The summed E-state index contributed by atoms with van der Waals surface area (Å²) in [6, 6.07) is 8.15. The molecule has 3 rings (SSSR count). The molecule has 5 nitrogen and oxygen atoms in total. The summed E-state index contributed by atoms with van der Waals surface area (Å²) in [5.41, 5.74) is 0.935. The number of carbonyl (C=O) groups excluding carboxylic acids is 1. The van der Waals surface area contributed by atoms with E-state index in [1.54, 1.807) is 6.33 Å². The first kappa shape index (κ1) is 13.8. The number of fused-ring (bicyclic) bond motifs is 1. The number of para-hydroxylation sites is 1. The predicted molar refractivity (Wildman–Crippen MR) is 81.2 cm³/mol. The lowest BCUT2D eigenvalue weighted by molar-refractivity contribution is -0.141. The van der Waals surface area contributed by atoms with Crippen LogP contribution < -0.4 is 4.90 Å². The van der Waals surface area contributed by atoms with E-state index in [4.69, 9.17) is 4.74 Å². The minimum absolute atomic E-state index is 0.157. The largest absolute Gasteiger partial charge is 0.469 e. The zero-order valence-electron chi connectivity index (χ0n) is 12.2. The number of anilines is 1. The highest BCUT2D eigenvalue weighted by Crippen LogP contribution is 2.30. The SMILES string of the molecule is COC(=O)CC1CCCCN1c1ncnc2ccccc12. The minimum atomic E-state index is -0.162. The van der Waals surface area contributed by atoms with E-state index in [0.29, 0.717) is 6.42 Å². The van der Waals surface area contributed by atoms with E-state index in [0.717, 1.165) is 42.5 Å². The zero-order chi connectivity index (χ0) is 14.7. The first-order chi connectivity index (χ1) is 10.3. The molecule has 1 aromatic carbocycles. The molecule has 0 spiro atoms. The van der Waals surface area contributed by atoms with Crippen molar-refractivity contribution in [2.45, 2.75) is 31.7 Å². The summed E-state index contributed by atoms with van der Waals surface area (Å²) >= 11 is 0. The molecule has 110 valence electrons. The highest BCUT2D eigenvalue weighted by Gasteiger charge is 2.27. The van der Waals surface area contributed by atoms with Crippen molar-refractivity contribution in [3.05, 3.63) is 30.6 Å². The summed E-state index contributed by atoms with van der Waals surface area (Å²) < 4.78 is 4.83. The van der Waals surface area contributed by atoms with Crippen LogP contribution in [0.1, 0.15) is 25.7 Å². The number of carbonyl (C=O) groups is 1. The normalized spacial score (nSPS) is 18.7. The maximum absolute atomic E-state index is 11.6. The molecule has 1 aromatic heterocycles. The van der Waals surface area contributed by atoms with E-state index < -0.39 is 0 Å². The highest BCUT2D eigenvalue weighted by atomic mass is 16.5. The lowest BCUT2D eigenvalue weighted by Crippen LogP contribution is -2.41. The summed E-state index contributed by atoms with van der Waals surface area (Å²) in [5.74, 6) is 0.763. The van der Waals surface area contributed by atoms with Crippen LogP contribution in [0.25, 0.3) is 10.9 Å². The average molecular weight is 285 g/mol. The smallest absolute Gasteiger partial charge is 0.307 e. The molecule has 21 heavy (non-hydrogen) atoms. The maximum Gasteiger partial charge on any atom is 0.307 e. The third-order valence-corrected chi connectivity index (χ3v) is 4.05. The number of methoxy groups -OCH3 is 1. The van der Waals surface area contributed by atoms with E-state index >= 15 is 0 Å². The molecule has 0 radical (unpaired) electrons. The number of aromatic nitrogens is 2. The number of piperidine rings is 1. The Morgan fingerprint density at radius 1 is 1.33 bits per heavy atom. The summed E-state index contributed by atoms with van der Waals surface area (Å²) in [6.45, 7) is 0.919. The quantitative estimate of drug-likeness (QED) is 0.811. The molecular weight excluding hydrogens is 266 g/mol. The number of hydrogen-bond acceptors (Lipinski definition) is 5. The molecule has 1 unspecified atom stereocenters. The molecule has 0 aliphatic carbocycles. The fraction of sp³-hybridized carbons (Fsp3) is 0.438. The monoisotopic (exact) mass is 285 g/mol. The van der Waals surface area contributed by atoms with Crippen LogP contribution in [0.3, 0.4) is 0 Å². The van der Waals surface area contributed by atoms with Gasteiger partial charge in [0.15, 0.2) is 0 Å². The van der Waals surface area contributed by atoms with Crippen molar-refractivity contribution < 1.29 is 9.53 Å². The molecule has 1 atom stereocenters. The molecule has 1 fully saturated rings. The first-order valence-corrected chi connectivity index (χ1v) is 7.33. The topological polar surface area (TPSA) is 55.3 Å². The number of nitrogens with zero attached hydrogens (tertiary/aromatic N) is 3. The molecule has 2 heterocycles. The van der Waals surface area contributed by atoms with Crippen LogP contribution in [0.2, 0.25) is 0 Å². The summed E-state index contributed by atoms with van der Waals surface area (Å²) in [5, 5.41) is 1.04. The van der Waals surface area contributed by atoms with Crippen molar-refractivity contribution >= 4 is 22.7 Å². The van der Waals surface area contributed by atoms with Crippen LogP contribution in [-0.4, -0.2) is 35.6 Å². The van der Waals surface area contributed by atoms with Gasteiger partial charge in [-0.1, -0.05) is 12.1 Å². The Balaban J connectivity index is 1.96. The van der Waals surface area contributed by atoms with Gasteiger partial charge in [-0.2, -0.15) is 0 Å². The van der Waals surface area contributed by atoms with Crippen molar-refractivity contribution in [2.75, 3.05) is 18.6 Å². The molecular formula is C16H19N3O2. The zero-order valence-corrected chi connectivity index (χ0v) is 12.2. The Labute approximate surface area is 124 Å². The van der Waals surface area contributed by atoms with Crippen molar-refractivity contribution in [3.8, 4) is 0 Å². The second kappa shape index (κ2) is 6.08. The van der Waals surface area contributed by atoms with Gasteiger partial charge in [-0.05, 0) is 31.4 Å². The van der Waals surface area contributed by atoms with Gasteiger partial charge in [-0.25, -0.2) is 9.97 Å². The standard InChI is InChI=1S/C16H19N3O2/c1-21-15(20)10-12-6-4-5-9-19(12)16-13-7-2-3-8-14(13)17-11-18-16/h2-3,7-8,11-12H,4-6,9-10H2,1H3. The van der Waals surface area contributed by atoms with Gasteiger partial charge in [-0.15, -0.1) is 0 Å². The fourth-order valence-electron chi connectivity index (χ4n) is 2.99. The number of ether oxygens (including phenoxy) is 1. The number of benzene rings is 1. The van der Waals surface area contributed by atoms with Crippen LogP contribution in [-0.2, 0) is 9.53 Å². The van der Waals surface area contributed by atoms with Crippen LogP contribution >= 0.6 is 0 Å². The Morgan fingerprint density at radius 3 is 3.05 bits per heavy atom. The predicted octanol–water partition coefficient (Wildman–Crippen LogP) is 2.55. The molecule has 1 saturated heterocycles. The molecule has 0 bridgehead atoms. The number of esters is 1. The Hall–Kier alpha value is -2.17. The fourth-order valence-corrected chi connectivity index (χ4v) is 2.99. The number of rotatable bonds is 3. The number of hydrogen-bond donors (Lipinski definition) is 0. The van der Waals surface area contributed by atoms with Crippen LogP contribution in [0.15, 0.2) is 30.6 Å². The van der Waals surface area contributed by atoms with Crippen LogP contribution in [0.5, 0.6) is 0 Å². The Morgan fingerprint density at radius 2 is 2.19 bits per heavy atom. The lowest BCUT2D eigenvalue weighted by Gasteiger charge is -2.36. The van der Waals surface area contributed by atoms with Gasteiger partial charge in [0, 0.05) is 18.0 Å². The van der Waals surface area contributed by atoms with Gasteiger partial charge in [0.25, 0.3) is 0 Å². The third-order valence-electron chi connectivity index (χ3n) is 4.05. The maximum atomic E-state index is 11.6. The van der Waals surface area contributed by atoms with Gasteiger partial charge in [0.2, 0.25) is 0 Å². The van der Waals surface area contributed by atoms with Crippen molar-refractivity contribution in [3.63, 3.8) is 0 Å². The third kappa shape index (κ3) is 2.82. The molecule has 1 aliphatic heterocycles.